The van der Waals surface area contributed by atoms with Crippen molar-refractivity contribution in [1.82, 2.24) is 15.2 Å². The number of hydrogen-bond acceptors (Lipinski definition) is 6. The Morgan fingerprint density at radius 2 is 2.05 bits per heavy atom. The van der Waals surface area contributed by atoms with E-state index >= 15 is 0 Å². The van der Waals surface area contributed by atoms with Gasteiger partial charge in [0.15, 0.2) is 0 Å². The lowest BCUT2D eigenvalue weighted by Gasteiger charge is -1.95. The number of aromatic nitrogens is 3. The molecular formula is C15H14ClN3OS2. The van der Waals surface area contributed by atoms with Gasteiger partial charge in [0.25, 0.3) is 5.22 Å². The van der Waals surface area contributed by atoms with Gasteiger partial charge >= 0.3 is 0 Å². The Bertz CT molecular complexity index is 739. The molecule has 0 saturated carbocycles. The van der Waals surface area contributed by atoms with E-state index in [4.69, 9.17) is 16.0 Å². The standard InChI is InChI=1S/C15H14ClN3OS2/c1-2-3-13-17-12(8-21-13)9-22-15-19-18-14(20-15)10-4-6-11(16)7-5-10/h4-8H,2-3,9H2,1H3. The van der Waals surface area contributed by atoms with Crippen LogP contribution in [-0.2, 0) is 12.2 Å². The SMILES string of the molecule is CCCc1nc(CSc2nnc(-c3ccc(Cl)cc3)o2)cs1. The summed E-state index contributed by atoms with van der Waals surface area (Å²) in [6, 6.07) is 7.33. The molecule has 0 saturated heterocycles. The summed E-state index contributed by atoms with van der Waals surface area (Å²) in [7, 11) is 0. The summed E-state index contributed by atoms with van der Waals surface area (Å²) in [5.74, 6) is 1.24. The molecule has 0 N–H and O–H groups in total. The fraction of sp³-hybridized carbons (Fsp3) is 0.267. The molecule has 0 aliphatic carbocycles. The molecule has 2 heterocycles. The monoisotopic (exact) mass is 351 g/mol. The molecule has 1 aromatic carbocycles. The molecule has 0 radical (unpaired) electrons. The van der Waals surface area contributed by atoms with Crippen LogP contribution in [0.25, 0.3) is 11.5 Å². The molecule has 4 nitrogen and oxygen atoms in total. The minimum atomic E-state index is 0.504. The first-order chi connectivity index (χ1) is 10.7. The number of benzene rings is 1. The second-order valence-corrected chi connectivity index (χ2v) is 6.96. The van der Waals surface area contributed by atoms with E-state index in [9.17, 15) is 0 Å². The molecule has 3 rings (SSSR count). The van der Waals surface area contributed by atoms with Crippen LogP contribution in [0.15, 0.2) is 39.3 Å². The number of nitrogens with zero attached hydrogens (tertiary/aromatic N) is 3. The highest BCUT2D eigenvalue weighted by atomic mass is 35.5. The molecule has 0 aliphatic heterocycles. The van der Waals surface area contributed by atoms with E-state index in [1.165, 1.54) is 16.8 Å². The zero-order chi connectivity index (χ0) is 15.4. The molecule has 22 heavy (non-hydrogen) atoms. The Hall–Kier alpha value is -1.37. The van der Waals surface area contributed by atoms with Crippen LogP contribution in [0.5, 0.6) is 0 Å². The van der Waals surface area contributed by atoms with Gasteiger partial charge < -0.3 is 4.42 Å². The topological polar surface area (TPSA) is 51.8 Å². The van der Waals surface area contributed by atoms with Crippen LogP contribution < -0.4 is 0 Å². The molecule has 114 valence electrons. The van der Waals surface area contributed by atoms with E-state index in [1.807, 2.05) is 12.1 Å². The van der Waals surface area contributed by atoms with Crippen molar-refractivity contribution in [3.63, 3.8) is 0 Å². The van der Waals surface area contributed by atoms with E-state index < -0.39 is 0 Å². The minimum absolute atomic E-state index is 0.504. The van der Waals surface area contributed by atoms with Crippen molar-refractivity contribution in [3.05, 3.63) is 45.4 Å². The Kier molecular flexibility index (Phi) is 5.12. The number of thioether (sulfide) groups is 1. The smallest absolute Gasteiger partial charge is 0.277 e. The Morgan fingerprint density at radius 3 is 2.82 bits per heavy atom. The molecule has 0 aliphatic rings. The lowest BCUT2D eigenvalue weighted by molar-refractivity contribution is 0.466. The van der Waals surface area contributed by atoms with Gasteiger partial charge in [-0.2, -0.15) is 0 Å². The maximum atomic E-state index is 5.87. The normalized spacial score (nSPS) is 11.0. The average molecular weight is 352 g/mol. The second-order valence-electron chi connectivity index (χ2n) is 4.65. The zero-order valence-electron chi connectivity index (χ0n) is 12.0. The third-order valence-corrected chi connectivity index (χ3v) is 4.97. The van der Waals surface area contributed by atoms with Crippen LogP contribution in [0.2, 0.25) is 5.02 Å². The highest BCUT2D eigenvalue weighted by Crippen LogP contribution is 2.27. The summed E-state index contributed by atoms with van der Waals surface area (Å²) < 4.78 is 5.66. The van der Waals surface area contributed by atoms with Crippen LogP contribution in [0, 0.1) is 0 Å². The first-order valence-corrected chi connectivity index (χ1v) is 9.14. The van der Waals surface area contributed by atoms with Gasteiger partial charge in [-0.15, -0.1) is 21.5 Å². The third-order valence-electron chi connectivity index (χ3n) is 2.90. The maximum absolute atomic E-state index is 5.87. The van der Waals surface area contributed by atoms with Gasteiger partial charge in [0, 0.05) is 21.7 Å². The summed E-state index contributed by atoms with van der Waals surface area (Å²) in [6.45, 7) is 2.16. The van der Waals surface area contributed by atoms with Gasteiger partial charge in [0.05, 0.1) is 10.7 Å². The zero-order valence-corrected chi connectivity index (χ0v) is 14.3. The molecule has 0 bridgehead atoms. The van der Waals surface area contributed by atoms with Crippen molar-refractivity contribution in [2.45, 2.75) is 30.7 Å². The number of rotatable bonds is 6. The minimum Gasteiger partial charge on any atom is -0.411 e. The van der Waals surface area contributed by atoms with Crippen molar-refractivity contribution in [3.8, 4) is 11.5 Å². The quantitative estimate of drug-likeness (QED) is 0.579. The Balaban J connectivity index is 1.62. The van der Waals surface area contributed by atoms with Crippen molar-refractivity contribution >= 4 is 34.7 Å². The molecular weight excluding hydrogens is 338 g/mol. The van der Waals surface area contributed by atoms with E-state index in [0.29, 0.717) is 16.1 Å². The summed E-state index contributed by atoms with van der Waals surface area (Å²) in [5, 5.41) is 12.6. The molecule has 0 unspecified atom stereocenters. The van der Waals surface area contributed by atoms with E-state index in [1.54, 1.807) is 23.5 Å². The Morgan fingerprint density at radius 1 is 1.23 bits per heavy atom. The lowest BCUT2D eigenvalue weighted by Crippen LogP contribution is -1.84. The largest absolute Gasteiger partial charge is 0.411 e. The van der Waals surface area contributed by atoms with Crippen LogP contribution in [0.4, 0.5) is 0 Å². The molecule has 3 aromatic rings. The van der Waals surface area contributed by atoms with Crippen LogP contribution in [0.1, 0.15) is 24.0 Å². The summed E-state index contributed by atoms with van der Waals surface area (Å²) in [6.07, 6.45) is 2.16. The number of halogens is 1. The van der Waals surface area contributed by atoms with Crippen molar-refractivity contribution in [2.24, 2.45) is 0 Å². The molecule has 2 aromatic heterocycles. The predicted octanol–water partition coefficient (Wildman–Crippen LogP) is 5.09. The predicted molar refractivity (Wildman–Crippen MR) is 90.4 cm³/mol. The fourth-order valence-corrected chi connectivity index (χ4v) is 3.64. The van der Waals surface area contributed by atoms with Gasteiger partial charge in [-0.05, 0) is 37.1 Å². The van der Waals surface area contributed by atoms with E-state index in [0.717, 1.165) is 29.9 Å². The highest BCUT2D eigenvalue weighted by Gasteiger charge is 2.10. The van der Waals surface area contributed by atoms with Gasteiger partial charge in [0.2, 0.25) is 5.89 Å². The maximum Gasteiger partial charge on any atom is 0.277 e. The molecule has 0 amide bonds. The van der Waals surface area contributed by atoms with Gasteiger partial charge in [-0.3, -0.25) is 0 Å². The number of hydrogen-bond donors (Lipinski definition) is 0. The lowest BCUT2D eigenvalue weighted by atomic mass is 10.2. The summed E-state index contributed by atoms with van der Waals surface area (Å²) in [4.78, 5) is 4.58. The second kappa shape index (κ2) is 7.26. The number of thiazole rings is 1. The van der Waals surface area contributed by atoms with Crippen LogP contribution >= 0.6 is 34.7 Å². The summed E-state index contributed by atoms with van der Waals surface area (Å²) in [5.41, 5.74) is 1.92. The first-order valence-electron chi connectivity index (χ1n) is 6.90. The molecule has 0 atom stereocenters. The van der Waals surface area contributed by atoms with E-state index in [-0.39, 0.29) is 0 Å². The summed E-state index contributed by atoms with van der Waals surface area (Å²) >= 11 is 9.08. The van der Waals surface area contributed by atoms with Crippen molar-refractivity contribution in [2.75, 3.05) is 0 Å². The van der Waals surface area contributed by atoms with Gasteiger partial charge in [0.1, 0.15) is 0 Å². The molecule has 0 spiro atoms. The van der Waals surface area contributed by atoms with Crippen molar-refractivity contribution in [1.29, 1.82) is 0 Å². The highest BCUT2D eigenvalue weighted by molar-refractivity contribution is 7.98. The Labute approximate surface area is 141 Å². The van der Waals surface area contributed by atoms with E-state index in [2.05, 4.69) is 27.5 Å². The van der Waals surface area contributed by atoms with Crippen LogP contribution in [-0.4, -0.2) is 15.2 Å². The average Bonchev–Trinajstić information content (AvgIpc) is 3.16. The fourth-order valence-electron chi connectivity index (χ4n) is 1.86. The number of aryl methyl sites for hydroxylation is 1. The van der Waals surface area contributed by atoms with Crippen LogP contribution in [0.3, 0.4) is 0 Å². The van der Waals surface area contributed by atoms with Gasteiger partial charge in [-0.1, -0.05) is 30.3 Å². The molecule has 0 fully saturated rings. The van der Waals surface area contributed by atoms with Crippen molar-refractivity contribution < 1.29 is 4.42 Å². The van der Waals surface area contributed by atoms with Gasteiger partial charge in [-0.25, -0.2) is 4.98 Å². The molecule has 7 heteroatoms. The third kappa shape index (κ3) is 3.88. The first kappa shape index (κ1) is 15.5.